The molecular weight excluding hydrogens is 926 g/mol. The summed E-state index contributed by atoms with van der Waals surface area (Å²) >= 11 is 2.27. The number of hydrogen-bond acceptors (Lipinski definition) is 7. The highest BCUT2D eigenvalue weighted by molar-refractivity contribution is 14.1. The molecule has 1 saturated heterocycles. The minimum atomic E-state index is -0.253. The van der Waals surface area contributed by atoms with E-state index in [1.807, 2.05) is 60.7 Å². The Kier molecular flexibility index (Phi) is 15.7. The number of aromatic nitrogens is 2. The molecule has 0 atom stereocenters. The van der Waals surface area contributed by atoms with Crippen molar-refractivity contribution in [1.82, 2.24) is 20.6 Å². The largest absolute Gasteiger partial charge is 0.371 e. The second-order valence-corrected chi connectivity index (χ2v) is 18.7. The van der Waals surface area contributed by atoms with E-state index in [9.17, 15) is 19.2 Å². The van der Waals surface area contributed by atoms with E-state index < -0.39 is 0 Å². The van der Waals surface area contributed by atoms with E-state index in [2.05, 4.69) is 70.9 Å². The van der Waals surface area contributed by atoms with Crippen molar-refractivity contribution in [2.45, 2.75) is 83.5 Å². The quantitative estimate of drug-likeness (QED) is 0.0946. The maximum atomic E-state index is 13.4. The van der Waals surface area contributed by atoms with Crippen molar-refractivity contribution in [1.29, 1.82) is 0 Å². The summed E-state index contributed by atoms with van der Waals surface area (Å²) in [4.78, 5) is 63.1. The van der Waals surface area contributed by atoms with Gasteiger partial charge in [-0.1, -0.05) is 87.1 Å². The highest BCUT2D eigenvalue weighted by Crippen LogP contribution is 2.33. The van der Waals surface area contributed by atoms with Gasteiger partial charge in [-0.15, -0.1) is 0 Å². The molecular formula is C53H58IN7O4. The van der Waals surface area contributed by atoms with Crippen molar-refractivity contribution in [3.05, 3.63) is 136 Å². The summed E-state index contributed by atoms with van der Waals surface area (Å²) in [5.74, 6) is 0.0835. The normalized spacial score (nSPS) is 15.7. The minimum absolute atomic E-state index is 0.235. The van der Waals surface area contributed by atoms with Crippen molar-refractivity contribution in [3.63, 3.8) is 0 Å². The van der Waals surface area contributed by atoms with Gasteiger partial charge in [-0.3, -0.25) is 19.2 Å². The molecule has 3 fully saturated rings. The van der Waals surface area contributed by atoms with Crippen LogP contribution in [-0.2, 0) is 0 Å². The lowest BCUT2D eigenvalue weighted by Gasteiger charge is -2.30. The van der Waals surface area contributed by atoms with Crippen LogP contribution in [0, 0.1) is 15.4 Å². The second kappa shape index (κ2) is 22.3. The SMILES string of the molecule is O=C(NCC1CCCCC1)c1ncccc1NC(=O)c1ccc(I)c2ccccc12.O=C(NCC1CCCCC1)c1ncccc1NC(=O)c1ccc(N2CCCCC2)c2ccccc12. The van der Waals surface area contributed by atoms with E-state index in [1.165, 1.54) is 63.5 Å². The molecule has 336 valence electrons. The number of carbonyl (C=O) groups is 4. The highest BCUT2D eigenvalue weighted by Gasteiger charge is 2.23. The van der Waals surface area contributed by atoms with E-state index in [1.54, 1.807) is 36.7 Å². The number of anilines is 3. The molecule has 9 rings (SSSR count). The number of benzene rings is 4. The van der Waals surface area contributed by atoms with Crippen LogP contribution in [-0.4, -0.2) is 59.8 Å². The summed E-state index contributed by atoms with van der Waals surface area (Å²) in [6, 6.07) is 30.5. The van der Waals surface area contributed by atoms with Crippen molar-refractivity contribution < 1.29 is 19.2 Å². The van der Waals surface area contributed by atoms with Crippen LogP contribution in [0.3, 0.4) is 0 Å². The second-order valence-electron chi connectivity index (χ2n) is 17.5. The number of fused-ring (bicyclic) bond motifs is 2. The zero-order valence-corrected chi connectivity index (χ0v) is 39.1. The van der Waals surface area contributed by atoms with Crippen molar-refractivity contribution >= 4 is 84.8 Å². The molecule has 65 heavy (non-hydrogen) atoms. The number of carbonyl (C=O) groups excluding carboxylic acids is 4. The lowest BCUT2D eigenvalue weighted by molar-refractivity contribution is 0.0930. The Balaban J connectivity index is 0.000000179. The lowest BCUT2D eigenvalue weighted by atomic mass is 9.89. The van der Waals surface area contributed by atoms with Gasteiger partial charge in [0.15, 0.2) is 11.4 Å². The van der Waals surface area contributed by atoms with Crippen LogP contribution in [0.1, 0.15) is 125 Å². The smallest absolute Gasteiger partial charge is 0.272 e. The van der Waals surface area contributed by atoms with Gasteiger partial charge in [0.05, 0.1) is 11.4 Å². The van der Waals surface area contributed by atoms with Crippen molar-refractivity contribution in [2.24, 2.45) is 11.8 Å². The minimum Gasteiger partial charge on any atom is -0.371 e. The number of piperidine rings is 1. The van der Waals surface area contributed by atoms with Gasteiger partial charge in [-0.2, -0.15) is 0 Å². The van der Waals surface area contributed by atoms with E-state index >= 15 is 0 Å². The number of halogens is 1. The summed E-state index contributed by atoms with van der Waals surface area (Å²) in [7, 11) is 0. The molecule has 4 N–H and O–H groups in total. The van der Waals surface area contributed by atoms with Gasteiger partial charge < -0.3 is 26.2 Å². The first kappa shape index (κ1) is 45.7. The molecule has 4 aromatic carbocycles. The summed E-state index contributed by atoms with van der Waals surface area (Å²) in [5, 5.41) is 15.8. The Hall–Kier alpha value is -5.89. The Bertz CT molecular complexity index is 2640. The van der Waals surface area contributed by atoms with Crippen molar-refractivity contribution in [2.75, 3.05) is 41.7 Å². The number of pyridine rings is 2. The van der Waals surface area contributed by atoms with E-state index in [0.717, 1.165) is 63.9 Å². The predicted molar refractivity (Wildman–Crippen MR) is 269 cm³/mol. The Morgan fingerprint density at radius 1 is 0.492 bits per heavy atom. The standard InChI is InChI=1S/C29H34N4O2.C24H24IN3O2/c34-28(24-15-16-26(33-18-7-2-8-19-33)23-13-6-5-12-22(23)24)32-25-14-9-17-30-27(25)29(35)31-20-21-10-3-1-4-11-21;25-20-13-12-19(17-9-4-5-10-18(17)20)23(29)28-21-11-6-14-26-22(21)24(30)27-15-16-7-2-1-3-8-16/h5-6,9,12-17,21H,1-4,7-8,10-11,18-20H2,(H,31,35)(H,32,34);4-6,9-14,16H,1-3,7-8,15H2,(H,27,30)(H,28,29). The maximum absolute atomic E-state index is 13.4. The molecule has 11 nitrogen and oxygen atoms in total. The Morgan fingerprint density at radius 3 is 1.46 bits per heavy atom. The van der Waals surface area contributed by atoms with Crippen LogP contribution in [0.5, 0.6) is 0 Å². The molecule has 3 aliphatic rings. The Labute approximate surface area is 395 Å². The van der Waals surface area contributed by atoms with Crippen LogP contribution in [0.2, 0.25) is 0 Å². The number of hydrogen-bond donors (Lipinski definition) is 4. The molecule has 2 aliphatic carbocycles. The summed E-state index contributed by atoms with van der Waals surface area (Å²) < 4.78 is 1.09. The molecule has 0 bridgehead atoms. The molecule has 4 amide bonds. The average molecular weight is 984 g/mol. The highest BCUT2D eigenvalue weighted by atomic mass is 127. The summed E-state index contributed by atoms with van der Waals surface area (Å²) in [6.07, 6.45) is 19.0. The van der Waals surface area contributed by atoms with Gasteiger partial charge in [0, 0.05) is 64.3 Å². The van der Waals surface area contributed by atoms with Gasteiger partial charge in [0.25, 0.3) is 23.6 Å². The van der Waals surface area contributed by atoms with E-state index in [0.29, 0.717) is 47.4 Å². The first-order valence-electron chi connectivity index (χ1n) is 23.4. The summed E-state index contributed by atoms with van der Waals surface area (Å²) in [5.41, 5.74) is 3.71. The molecule has 0 unspecified atom stereocenters. The zero-order chi connectivity index (χ0) is 45.0. The summed E-state index contributed by atoms with van der Waals surface area (Å²) in [6.45, 7) is 3.41. The topological polar surface area (TPSA) is 145 Å². The fourth-order valence-corrected chi connectivity index (χ4v) is 10.2. The van der Waals surface area contributed by atoms with E-state index in [4.69, 9.17) is 0 Å². The monoisotopic (exact) mass is 983 g/mol. The molecule has 0 radical (unpaired) electrons. The number of rotatable bonds is 11. The number of nitrogens with zero attached hydrogens (tertiary/aromatic N) is 3. The molecule has 12 heteroatoms. The van der Waals surface area contributed by atoms with Crippen LogP contribution >= 0.6 is 22.6 Å². The van der Waals surface area contributed by atoms with Crippen LogP contribution in [0.25, 0.3) is 21.5 Å². The maximum Gasteiger partial charge on any atom is 0.272 e. The first-order chi connectivity index (χ1) is 31.8. The van der Waals surface area contributed by atoms with Crippen molar-refractivity contribution in [3.8, 4) is 0 Å². The zero-order valence-electron chi connectivity index (χ0n) is 36.9. The third-order valence-electron chi connectivity index (χ3n) is 13.1. The number of amides is 4. The van der Waals surface area contributed by atoms with Gasteiger partial charge in [-0.05, 0) is 144 Å². The molecule has 2 saturated carbocycles. The van der Waals surface area contributed by atoms with Gasteiger partial charge in [0.1, 0.15) is 0 Å². The van der Waals surface area contributed by atoms with Crippen LogP contribution in [0.15, 0.2) is 109 Å². The fourth-order valence-electron chi connectivity index (χ4n) is 9.53. The van der Waals surface area contributed by atoms with Gasteiger partial charge in [0.2, 0.25) is 0 Å². The predicted octanol–water partition coefficient (Wildman–Crippen LogP) is 11.2. The molecule has 1 aliphatic heterocycles. The third kappa shape index (κ3) is 11.5. The van der Waals surface area contributed by atoms with Crippen LogP contribution in [0.4, 0.5) is 17.1 Å². The Morgan fingerprint density at radius 2 is 0.938 bits per heavy atom. The first-order valence-corrected chi connectivity index (χ1v) is 24.4. The molecule has 2 aromatic heterocycles. The van der Waals surface area contributed by atoms with E-state index in [-0.39, 0.29) is 35.0 Å². The fraction of sp³-hybridized carbons (Fsp3) is 0.358. The average Bonchev–Trinajstić information content (AvgIpc) is 3.36. The third-order valence-corrected chi connectivity index (χ3v) is 14.0. The van der Waals surface area contributed by atoms with Gasteiger partial charge >= 0.3 is 0 Å². The molecule has 3 heterocycles. The number of nitrogens with one attached hydrogen (secondary N) is 4. The van der Waals surface area contributed by atoms with Crippen LogP contribution < -0.4 is 26.2 Å². The van der Waals surface area contributed by atoms with Gasteiger partial charge in [-0.25, -0.2) is 9.97 Å². The lowest BCUT2D eigenvalue weighted by Crippen LogP contribution is -2.31. The molecule has 6 aromatic rings. The molecule has 0 spiro atoms.